The van der Waals surface area contributed by atoms with Gasteiger partial charge in [-0.25, -0.2) is 4.79 Å². The first-order valence-electron chi connectivity index (χ1n) is 5.28. The fraction of sp³-hybridized carbons (Fsp3) is 0.417. The summed E-state index contributed by atoms with van der Waals surface area (Å²) in [5, 5.41) is 15.0. The second-order valence-electron chi connectivity index (χ2n) is 4.21. The first-order chi connectivity index (χ1) is 7.40. The van der Waals surface area contributed by atoms with E-state index in [-0.39, 0.29) is 17.8 Å². The molecule has 0 heterocycles. The van der Waals surface area contributed by atoms with Crippen LogP contribution in [0.5, 0.6) is 5.75 Å². The highest BCUT2D eigenvalue weighted by atomic mass is 16.3. The van der Waals surface area contributed by atoms with Crippen molar-refractivity contribution >= 4 is 11.7 Å². The molecule has 3 N–H and O–H groups in total. The van der Waals surface area contributed by atoms with E-state index in [1.807, 2.05) is 20.8 Å². The van der Waals surface area contributed by atoms with Gasteiger partial charge in [0, 0.05) is 11.7 Å². The summed E-state index contributed by atoms with van der Waals surface area (Å²) in [5.41, 5.74) is 2.29. The summed E-state index contributed by atoms with van der Waals surface area (Å²) >= 11 is 0. The van der Waals surface area contributed by atoms with E-state index in [0.29, 0.717) is 5.69 Å². The summed E-state index contributed by atoms with van der Waals surface area (Å²) in [6.07, 6.45) is 0. The van der Waals surface area contributed by atoms with Gasteiger partial charge in [0.2, 0.25) is 0 Å². The third-order valence-electron chi connectivity index (χ3n) is 2.21. The summed E-state index contributed by atoms with van der Waals surface area (Å²) in [7, 11) is 0. The van der Waals surface area contributed by atoms with Crippen LogP contribution in [0.4, 0.5) is 10.5 Å². The molecule has 0 radical (unpaired) electrons. The topological polar surface area (TPSA) is 61.4 Å². The van der Waals surface area contributed by atoms with E-state index in [2.05, 4.69) is 10.6 Å². The van der Waals surface area contributed by atoms with Gasteiger partial charge in [0.15, 0.2) is 0 Å². The third-order valence-corrected chi connectivity index (χ3v) is 2.21. The van der Waals surface area contributed by atoms with Gasteiger partial charge in [0.1, 0.15) is 5.75 Å². The van der Waals surface area contributed by atoms with Gasteiger partial charge in [0.05, 0.1) is 0 Å². The lowest BCUT2D eigenvalue weighted by Crippen LogP contribution is -2.34. The molecule has 16 heavy (non-hydrogen) atoms. The third kappa shape index (κ3) is 3.15. The minimum atomic E-state index is -0.233. The molecular formula is C12H18N2O2. The number of rotatable bonds is 2. The highest BCUT2D eigenvalue weighted by Crippen LogP contribution is 2.24. The molecule has 0 fully saturated rings. The zero-order valence-electron chi connectivity index (χ0n) is 10.1. The van der Waals surface area contributed by atoms with Crippen LogP contribution >= 0.6 is 0 Å². The Labute approximate surface area is 95.7 Å². The van der Waals surface area contributed by atoms with Crippen LogP contribution in [0.15, 0.2) is 12.1 Å². The molecule has 0 aliphatic carbocycles. The maximum absolute atomic E-state index is 11.5. The van der Waals surface area contributed by atoms with Gasteiger partial charge in [-0.2, -0.15) is 0 Å². The Morgan fingerprint density at radius 1 is 1.25 bits per heavy atom. The maximum Gasteiger partial charge on any atom is 0.319 e. The van der Waals surface area contributed by atoms with Crippen molar-refractivity contribution in [2.75, 3.05) is 5.32 Å². The minimum Gasteiger partial charge on any atom is -0.508 e. The van der Waals surface area contributed by atoms with Crippen molar-refractivity contribution in [3.8, 4) is 5.75 Å². The van der Waals surface area contributed by atoms with Crippen LogP contribution in [0.3, 0.4) is 0 Å². The molecule has 0 bridgehead atoms. The second-order valence-corrected chi connectivity index (χ2v) is 4.21. The number of phenols is 1. The van der Waals surface area contributed by atoms with E-state index in [0.717, 1.165) is 11.1 Å². The summed E-state index contributed by atoms with van der Waals surface area (Å²) in [5.74, 6) is 0.243. The maximum atomic E-state index is 11.5. The molecule has 0 aromatic heterocycles. The standard InChI is InChI=1S/C12H18N2O2/c1-7(2)13-12(16)14-10-5-9(4)11(15)6-8(10)3/h5-7,15H,1-4H3,(H2,13,14,16). The van der Waals surface area contributed by atoms with Crippen molar-refractivity contribution < 1.29 is 9.90 Å². The lowest BCUT2D eigenvalue weighted by Gasteiger charge is -2.13. The number of benzene rings is 1. The molecule has 4 nitrogen and oxygen atoms in total. The van der Waals surface area contributed by atoms with Crippen LogP contribution < -0.4 is 10.6 Å². The Balaban J connectivity index is 2.81. The number of hydrogen-bond donors (Lipinski definition) is 3. The SMILES string of the molecule is Cc1cc(NC(=O)NC(C)C)c(C)cc1O. The molecule has 0 aliphatic heterocycles. The van der Waals surface area contributed by atoms with Crippen LogP contribution in [0.2, 0.25) is 0 Å². The number of nitrogens with one attached hydrogen (secondary N) is 2. The number of aryl methyl sites for hydroxylation is 2. The first-order valence-corrected chi connectivity index (χ1v) is 5.28. The zero-order valence-corrected chi connectivity index (χ0v) is 10.1. The first kappa shape index (κ1) is 12.4. The van der Waals surface area contributed by atoms with E-state index >= 15 is 0 Å². The van der Waals surface area contributed by atoms with Crippen molar-refractivity contribution in [1.29, 1.82) is 0 Å². The van der Waals surface area contributed by atoms with Gasteiger partial charge in [-0.3, -0.25) is 0 Å². The quantitative estimate of drug-likeness (QED) is 0.673. The van der Waals surface area contributed by atoms with E-state index in [1.165, 1.54) is 0 Å². The Hall–Kier alpha value is -1.71. The van der Waals surface area contributed by atoms with E-state index < -0.39 is 0 Å². The Bertz CT molecular complexity index is 400. The van der Waals surface area contributed by atoms with E-state index in [9.17, 15) is 9.90 Å². The van der Waals surface area contributed by atoms with Crippen molar-refractivity contribution in [1.82, 2.24) is 5.32 Å². The molecule has 2 amide bonds. The van der Waals surface area contributed by atoms with Crippen LogP contribution in [-0.4, -0.2) is 17.2 Å². The molecule has 88 valence electrons. The predicted octanol–water partition coefficient (Wildman–Crippen LogP) is 2.54. The highest BCUT2D eigenvalue weighted by molar-refractivity contribution is 5.90. The lowest BCUT2D eigenvalue weighted by atomic mass is 10.1. The van der Waals surface area contributed by atoms with Gasteiger partial charge < -0.3 is 15.7 Å². The molecule has 0 saturated carbocycles. The van der Waals surface area contributed by atoms with Crippen LogP contribution in [0, 0.1) is 13.8 Å². The van der Waals surface area contributed by atoms with Crippen LogP contribution in [0.25, 0.3) is 0 Å². The van der Waals surface area contributed by atoms with Gasteiger partial charge in [0.25, 0.3) is 0 Å². The van der Waals surface area contributed by atoms with Gasteiger partial charge >= 0.3 is 6.03 Å². The molecule has 0 spiro atoms. The Morgan fingerprint density at radius 2 is 1.88 bits per heavy atom. The molecular weight excluding hydrogens is 204 g/mol. The normalized spacial score (nSPS) is 10.3. The molecule has 1 aromatic rings. The van der Waals surface area contributed by atoms with Gasteiger partial charge in [-0.15, -0.1) is 0 Å². The molecule has 0 unspecified atom stereocenters. The molecule has 1 rings (SSSR count). The summed E-state index contributed by atoms with van der Waals surface area (Å²) in [4.78, 5) is 11.5. The molecule has 0 saturated heterocycles. The number of hydrogen-bond acceptors (Lipinski definition) is 2. The monoisotopic (exact) mass is 222 g/mol. The van der Waals surface area contributed by atoms with E-state index in [1.54, 1.807) is 19.1 Å². The van der Waals surface area contributed by atoms with Crippen molar-refractivity contribution in [3.63, 3.8) is 0 Å². The van der Waals surface area contributed by atoms with Crippen molar-refractivity contribution in [2.24, 2.45) is 0 Å². The number of phenolic OH excluding ortho intramolecular Hbond substituents is 1. The number of urea groups is 1. The molecule has 4 heteroatoms. The van der Waals surface area contributed by atoms with Gasteiger partial charge in [-0.05, 0) is 51.0 Å². The number of anilines is 1. The molecule has 1 aromatic carbocycles. The zero-order chi connectivity index (χ0) is 12.3. The van der Waals surface area contributed by atoms with E-state index in [4.69, 9.17) is 0 Å². The second kappa shape index (κ2) is 4.88. The fourth-order valence-electron chi connectivity index (χ4n) is 1.36. The predicted molar refractivity (Wildman–Crippen MR) is 64.9 cm³/mol. The summed E-state index contributed by atoms with van der Waals surface area (Å²) in [6, 6.07) is 3.26. The smallest absolute Gasteiger partial charge is 0.319 e. The largest absolute Gasteiger partial charge is 0.508 e. The van der Waals surface area contributed by atoms with Crippen molar-refractivity contribution in [2.45, 2.75) is 33.7 Å². The molecule has 0 atom stereocenters. The van der Waals surface area contributed by atoms with Gasteiger partial charge in [-0.1, -0.05) is 0 Å². The highest BCUT2D eigenvalue weighted by Gasteiger charge is 2.07. The number of aromatic hydroxyl groups is 1. The Morgan fingerprint density at radius 3 is 2.44 bits per heavy atom. The average molecular weight is 222 g/mol. The minimum absolute atomic E-state index is 0.0959. The lowest BCUT2D eigenvalue weighted by molar-refractivity contribution is 0.250. The molecule has 0 aliphatic rings. The van der Waals surface area contributed by atoms with Crippen LogP contribution in [0.1, 0.15) is 25.0 Å². The van der Waals surface area contributed by atoms with Crippen molar-refractivity contribution in [3.05, 3.63) is 23.3 Å². The number of carbonyl (C=O) groups is 1. The van der Waals surface area contributed by atoms with Crippen LogP contribution in [-0.2, 0) is 0 Å². The number of amides is 2. The summed E-state index contributed by atoms with van der Waals surface area (Å²) < 4.78 is 0. The average Bonchev–Trinajstić information content (AvgIpc) is 2.12. The number of carbonyl (C=O) groups excluding carboxylic acids is 1. The Kier molecular flexibility index (Phi) is 3.77. The fourth-order valence-corrected chi connectivity index (χ4v) is 1.36. The summed E-state index contributed by atoms with van der Waals surface area (Å²) in [6.45, 7) is 7.42.